The van der Waals surface area contributed by atoms with Crippen molar-refractivity contribution < 1.29 is 4.39 Å². The molecule has 1 aliphatic heterocycles. The molecule has 2 aromatic heterocycles. The zero-order valence-electron chi connectivity index (χ0n) is 12.4. The van der Waals surface area contributed by atoms with Gasteiger partial charge in [0.05, 0.1) is 18.7 Å². The smallest absolute Gasteiger partial charge is 0.256 e. The summed E-state index contributed by atoms with van der Waals surface area (Å²) in [5, 5.41) is 0. The second kappa shape index (κ2) is 6.21. The van der Waals surface area contributed by atoms with Gasteiger partial charge in [0, 0.05) is 31.4 Å². The van der Waals surface area contributed by atoms with Crippen molar-refractivity contribution in [1.29, 1.82) is 0 Å². The van der Waals surface area contributed by atoms with E-state index >= 15 is 0 Å². The maximum Gasteiger partial charge on any atom is 0.256 e. The van der Waals surface area contributed by atoms with Crippen LogP contribution in [0.2, 0.25) is 0 Å². The summed E-state index contributed by atoms with van der Waals surface area (Å²) in [7, 11) is 0. The first-order chi connectivity index (χ1) is 10.6. The quantitative estimate of drug-likeness (QED) is 0.857. The van der Waals surface area contributed by atoms with Crippen LogP contribution >= 0.6 is 0 Å². The second-order valence-electron chi connectivity index (χ2n) is 5.67. The number of aryl methyl sites for hydroxylation is 1. The van der Waals surface area contributed by atoms with Crippen LogP contribution in [-0.2, 0) is 6.54 Å². The molecule has 6 nitrogen and oxygen atoms in total. The number of hydrogen-bond acceptors (Lipinski definition) is 5. The molecule has 0 aliphatic carbocycles. The van der Waals surface area contributed by atoms with E-state index in [1.807, 2.05) is 4.90 Å². The van der Waals surface area contributed by atoms with E-state index in [-0.39, 0.29) is 5.56 Å². The van der Waals surface area contributed by atoms with Crippen LogP contribution in [0.5, 0.6) is 0 Å². The SMILES string of the molecule is Cc1cncn(CC2CCN(c3ncc(F)cn3)CC2)c1=O. The van der Waals surface area contributed by atoms with Gasteiger partial charge in [-0.25, -0.2) is 19.3 Å². The second-order valence-corrected chi connectivity index (χ2v) is 5.67. The lowest BCUT2D eigenvalue weighted by Crippen LogP contribution is -2.37. The molecule has 0 saturated carbocycles. The Morgan fingerprint density at radius 1 is 1.23 bits per heavy atom. The highest BCUT2D eigenvalue weighted by atomic mass is 19.1. The third-order valence-corrected chi connectivity index (χ3v) is 4.03. The standard InChI is InChI=1S/C15H18FN5O/c1-11-6-17-10-21(14(11)22)9-12-2-4-20(5-3-12)15-18-7-13(16)8-19-15/h6-8,10,12H,2-5,9H2,1H3. The fourth-order valence-corrected chi connectivity index (χ4v) is 2.75. The van der Waals surface area contributed by atoms with Crippen LogP contribution in [0.3, 0.4) is 0 Å². The first-order valence-electron chi connectivity index (χ1n) is 7.37. The lowest BCUT2D eigenvalue weighted by atomic mass is 9.97. The molecule has 3 heterocycles. The Morgan fingerprint density at radius 2 is 1.91 bits per heavy atom. The lowest BCUT2D eigenvalue weighted by Gasteiger charge is -2.32. The summed E-state index contributed by atoms with van der Waals surface area (Å²) in [4.78, 5) is 26.2. The van der Waals surface area contributed by atoms with Gasteiger partial charge in [-0.1, -0.05) is 0 Å². The van der Waals surface area contributed by atoms with E-state index in [9.17, 15) is 9.18 Å². The maximum atomic E-state index is 12.8. The molecule has 1 aliphatic rings. The topological polar surface area (TPSA) is 63.9 Å². The minimum atomic E-state index is -0.426. The fraction of sp³-hybridized carbons (Fsp3) is 0.467. The van der Waals surface area contributed by atoms with Crippen molar-refractivity contribution in [2.45, 2.75) is 26.3 Å². The maximum absolute atomic E-state index is 12.8. The van der Waals surface area contributed by atoms with Crippen LogP contribution < -0.4 is 10.5 Å². The summed E-state index contributed by atoms with van der Waals surface area (Å²) in [6.45, 7) is 4.08. The van der Waals surface area contributed by atoms with E-state index in [4.69, 9.17) is 0 Å². The molecule has 0 atom stereocenters. The predicted molar refractivity (Wildman–Crippen MR) is 80.2 cm³/mol. The Bertz CT molecular complexity index is 692. The average molecular weight is 303 g/mol. The molecular formula is C15H18FN5O. The summed E-state index contributed by atoms with van der Waals surface area (Å²) in [6.07, 6.45) is 7.46. The summed E-state index contributed by atoms with van der Waals surface area (Å²) in [5.41, 5.74) is 0.693. The summed E-state index contributed by atoms with van der Waals surface area (Å²) in [5.74, 6) is 0.567. The summed E-state index contributed by atoms with van der Waals surface area (Å²) >= 11 is 0. The van der Waals surface area contributed by atoms with Gasteiger partial charge in [-0.2, -0.15) is 0 Å². The fourth-order valence-electron chi connectivity index (χ4n) is 2.75. The molecular weight excluding hydrogens is 285 g/mol. The molecule has 1 saturated heterocycles. The highest BCUT2D eigenvalue weighted by Gasteiger charge is 2.21. The van der Waals surface area contributed by atoms with Gasteiger partial charge in [0.2, 0.25) is 5.95 Å². The van der Waals surface area contributed by atoms with Crippen LogP contribution in [0, 0.1) is 18.7 Å². The molecule has 22 heavy (non-hydrogen) atoms. The largest absolute Gasteiger partial charge is 0.341 e. The average Bonchev–Trinajstić information content (AvgIpc) is 2.53. The van der Waals surface area contributed by atoms with Crippen LogP contribution in [-0.4, -0.2) is 32.6 Å². The molecule has 0 N–H and O–H groups in total. The van der Waals surface area contributed by atoms with Crippen molar-refractivity contribution in [2.24, 2.45) is 5.92 Å². The van der Waals surface area contributed by atoms with E-state index in [1.54, 1.807) is 24.0 Å². The van der Waals surface area contributed by atoms with Crippen molar-refractivity contribution in [2.75, 3.05) is 18.0 Å². The predicted octanol–water partition coefficient (Wildman–Crippen LogP) is 1.40. The third kappa shape index (κ3) is 3.13. The van der Waals surface area contributed by atoms with E-state index in [2.05, 4.69) is 15.0 Å². The Morgan fingerprint density at radius 3 is 2.59 bits per heavy atom. The van der Waals surface area contributed by atoms with Crippen LogP contribution in [0.1, 0.15) is 18.4 Å². The summed E-state index contributed by atoms with van der Waals surface area (Å²) in [6, 6.07) is 0. The van der Waals surface area contributed by atoms with E-state index in [0.717, 1.165) is 25.9 Å². The van der Waals surface area contributed by atoms with Gasteiger partial charge in [0.15, 0.2) is 5.82 Å². The van der Waals surface area contributed by atoms with E-state index in [0.29, 0.717) is 24.0 Å². The Kier molecular flexibility index (Phi) is 4.13. The van der Waals surface area contributed by atoms with Crippen molar-refractivity contribution in [3.63, 3.8) is 0 Å². The van der Waals surface area contributed by atoms with Crippen LogP contribution in [0.25, 0.3) is 0 Å². The number of piperidine rings is 1. The van der Waals surface area contributed by atoms with Gasteiger partial charge in [0.25, 0.3) is 5.56 Å². The van der Waals surface area contributed by atoms with E-state index < -0.39 is 5.82 Å². The van der Waals surface area contributed by atoms with Gasteiger partial charge in [-0.3, -0.25) is 9.36 Å². The molecule has 1 fully saturated rings. The minimum absolute atomic E-state index is 0.0271. The van der Waals surface area contributed by atoms with Crippen LogP contribution in [0.15, 0.2) is 29.7 Å². The van der Waals surface area contributed by atoms with Crippen molar-refractivity contribution in [3.8, 4) is 0 Å². The van der Waals surface area contributed by atoms with Crippen molar-refractivity contribution in [1.82, 2.24) is 19.5 Å². The molecule has 0 amide bonds. The van der Waals surface area contributed by atoms with Gasteiger partial charge in [-0.05, 0) is 25.7 Å². The molecule has 2 aromatic rings. The van der Waals surface area contributed by atoms with Crippen LogP contribution in [0.4, 0.5) is 10.3 Å². The number of anilines is 1. The monoisotopic (exact) mass is 303 g/mol. The molecule has 0 unspecified atom stereocenters. The molecule has 0 radical (unpaired) electrons. The molecule has 0 spiro atoms. The first kappa shape index (κ1) is 14.6. The molecule has 116 valence electrons. The van der Waals surface area contributed by atoms with Gasteiger partial charge in [-0.15, -0.1) is 0 Å². The molecule has 3 rings (SSSR count). The lowest BCUT2D eigenvalue weighted by molar-refractivity contribution is 0.348. The van der Waals surface area contributed by atoms with Crippen molar-refractivity contribution in [3.05, 3.63) is 46.7 Å². The number of aromatic nitrogens is 4. The highest BCUT2D eigenvalue weighted by Crippen LogP contribution is 2.21. The Hall–Kier alpha value is -2.31. The van der Waals surface area contributed by atoms with Crippen molar-refractivity contribution >= 4 is 5.95 Å². The Labute approximate surface area is 127 Å². The zero-order chi connectivity index (χ0) is 15.5. The minimum Gasteiger partial charge on any atom is -0.341 e. The number of hydrogen-bond donors (Lipinski definition) is 0. The third-order valence-electron chi connectivity index (χ3n) is 4.03. The van der Waals surface area contributed by atoms with Gasteiger partial charge in [0.1, 0.15) is 0 Å². The summed E-state index contributed by atoms with van der Waals surface area (Å²) < 4.78 is 14.5. The molecule has 7 heteroatoms. The highest BCUT2D eigenvalue weighted by molar-refractivity contribution is 5.29. The van der Waals surface area contributed by atoms with Gasteiger partial charge >= 0.3 is 0 Å². The van der Waals surface area contributed by atoms with Gasteiger partial charge < -0.3 is 4.90 Å². The molecule has 0 bridgehead atoms. The molecule has 0 aromatic carbocycles. The zero-order valence-corrected chi connectivity index (χ0v) is 12.4. The number of nitrogens with zero attached hydrogens (tertiary/aromatic N) is 5. The Balaban J connectivity index is 1.61. The first-order valence-corrected chi connectivity index (χ1v) is 7.37. The number of rotatable bonds is 3. The van der Waals surface area contributed by atoms with E-state index in [1.165, 1.54) is 12.4 Å². The normalized spacial score (nSPS) is 16.0. The number of halogens is 1.